The standard InChI is InChI=1S/C27H32O2/c1-27-14-4-7-25(27)24-12-10-19-16-21(28)11-13-23(19)26(24)20(17-27)9-8-18-5-3-6-22(15-18)29-2/h3,5-6,15-16,20,23-26H,4,7,10-14,17H2,1-2H3/t20-,23-,24-,25-,26+,27-/m0/s1. The molecule has 0 unspecified atom stereocenters. The van der Waals surface area contributed by atoms with Gasteiger partial charge in [0.1, 0.15) is 5.75 Å². The summed E-state index contributed by atoms with van der Waals surface area (Å²) in [7, 11) is 1.71. The molecule has 3 saturated carbocycles. The Hall–Kier alpha value is -2.01. The number of hydrogen-bond acceptors (Lipinski definition) is 2. The van der Waals surface area contributed by atoms with Crippen molar-refractivity contribution in [2.24, 2.45) is 35.0 Å². The van der Waals surface area contributed by atoms with E-state index in [9.17, 15) is 4.79 Å². The van der Waals surface area contributed by atoms with Crippen molar-refractivity contribution < 1.29 is 9.53 Å². The predicted molar refractivity (Wildman–Crippen MR) is 115 cm³/mol. The highest BCUT2D eigenvalue weighted by atomic mass is 16.5. The second-order valence-corrected chi connectivity index (χ2v) is 10.1. The minimum absolute atomic E-state index is 0.343. The number of carbonyl (C=O) groups excluding carboxylic acids is 1. The van der Waals surface area contributed by atoms with Crippen molar-refractivity contribution >= 4 is 5.78 Å². The molecule has 1 aromatic rings. The van der Waals surface area contributed by atoms with E-state index in [2.05, 4.69) is 24.8 Å². The number of allylic oxidation sites excluding steroid dienone is 1. The van der Waals surface area contributed by atoms with Gasteiger partial charge < -0.3 is 4.74 Å². The van der Waals surface area contributed by atoms with E-state index < -0.39 is 0 Å². The van der Waals surface area contributed by atoms with Crippen LogP contribution in [0.1, 0.15) is 63.9 Å². The van der Waals surface area contributed by atoms with Crippen LogP contribution >= 0.6 is 0 Å². The van der Waals surface area contributed by atoms with Crippen LogP contribution in [-0.4, -0.2) is 12.9 Å². The van der Waals surface area contributed by atoms with E-state index in [1.165, 1.54) is 37.7 Å². The number of rotatable bonds is 1. The van der Waals surface area contributed by atoms with Crippen LogP contribution in [0.25, 0.3) is 0 Å². The maximum Gasteiger partial charge on any atom is 0.155 e. The summed E-state index contributed by atoms with van der Waals surface area (Å²) in [5.74, 6) is 11.8. The molecule has 2 nitrogen and oxygen atoms in total. The van der Waals surface area contributed by atoms with Crippen molar-refractivity contribution in [3.05, 3.63) is 41.5 Å². The van der Waals surface area contributed by atoms with Gasteiger partial charge >= 0.3 is 0 Å². The SMILES string of the molecule is COc1cccc(C#C[C@H]2C[C@]3(C)CCC[C@H]3[C@@H]3CCC4=CC(=O)CC[C@@H]4[C@H]32)c1. The van der Waals surface area contributed by atoms with Crippen LogP contribution in [-0.2, 0) is 4.79 Å². The normalized spacial score (nSPS) is 38.1. The van der Waals surface area contributed by atoms with Crippen molar-refractivity contribution in [2.75, 3.05) is 7.11 Å². The molecule has 4 aliphatic carbocycles. The second-order valence-electron chi connectivity index (χ2n) is 10.1. The third kappa shape index (κ3) is 3.33. The molecular formula is C27H32O2. The highest BCUT2D eigenvalue weighted by Gasteiger charge is 2.55. The molecule has 5 rings (SSSR count). The van der Waals surface area contributed by atoms with E-state index in [0.29, 0.717) is 29.0 Å². The zero-order valence-electron chi connectivity index (χ0n) is 17.7. The van der Waals surface area contributed by atoms with Crippen LogP contribution in [0.2, 0.25) is 0 Å². The van der Waals surface area contributed by atoms with Crippen molar-refractivity contribution in [1.82, 2.24) is 0 Å². The molecule has 0 spiro atoms. The van der Waals surface area contributed by atoms with E-state index in [-0.39, 0.29) is 0 Å². The van der Waals surface area contributed by atoms with Gasteiger partial charge in [0.2, 0.25) is 0 Å². The first-order valence-electron chi connectivity index (χ1n) is 11.5. The third-order valence-electron chi connectivity index (χ3n) is 8.55. The van der Waals surface area contributed by atoms with Gasteiger partial charge in [-0.15, -0.1) is 0 Å². The van der Waals surface area contributed by atoms with Gasteiger partial charge in [0, 0.05) is 17.9 Å². The molecule has 0 heterocycles. The van der Waals surface area contributed by atoms with Gasteiger partial charge in [0.05, 0.1) is 7.11 Å². The van der Waals surface area contributed by atoms with E-state index >= 15 is 0 Å². The lowest BCUT2D eigenvalue weighted by molar-refractivity contribution is -0.116. The topological polar surface area (TPSA) is 26.3 Å². The van der Waals surface area contributed by atoms with Crippen molar-refractivity contribution in [2.45, 2.75) is 58.3 Å². The Labute approximate surface area is 175 Å². The molecule has 0 amide bonds. The van der Waals surface area contributed by atoms with E-state index in [4.69, 9.17) is 4.74 Å². The Morgan fingerprint density at radius 2 is 2.07 bits per heavy atom. The minimum atomic E-state index is 0.343. The Morgan fingerprint density at radius 1 is 1.17 bits per heavy atom. The number of carbonyl (C=O) groups is 1. The molecule has 0 radical (unpaired) electrons. The molecule has 6 atom stereocenters. The zero-order valence-corrected chi connectivity index (χ0v) is 17.7. The molecule has 0 aromatic heterocycles. The first kappa shape index (κ1) is 19.0. The predicted octanol–water partition coefficient (Wildman–Crippen LogP) is 5.80. The number of benzene rings is 1. The van der Waals surface area contributed by atoms with Gasteiger partial charge in [-0.3, -0.25) is 4.79 Å². The summed E-state index contributed by atoms with van der Waals surface area (Å²) in [4.78, 5) is 12.0. The summed E-state index contributed by atoms with van der Waals surface area (Å²) in [5, 5.41) is 0. The molecule has 0 bridgehead atoms. The van der Waals surface area contributed by atoms with Crippen molar-refractivity contribution in [3.63, 3.8) is 0 Å². The van der Waals surface area contributed by atoms with Gasteiger partial charge in [-0.25, -0.2) is 0 Å². The summed E-state index contributed by atoms with van der Waals surface area (Å²) in [5.41, 5.74) is 2.95. The number of fused-ring (bicyclic) bond motifs is 5. The van der Waals surface area contributed by atoms with E-state index in [1.54, 1.807) is 7.11 Å². The maximum absolute atomic E-state index is 12.0. The van der Waals surface area contributed by atoms with Crippen LogP contribution in [0.4, 0.5) is 0 Å². The van der Waals surface area contributed by atoms with E-state index in [1.807, 2.05) is 24.3 Å². The van der Waals surface area contributed by atoms with Crippen molar-refractivity contribution in [3.8, 4) is 17.6 Å². The van der Waals surface area contributed by atoms with E-state index in [0.717, 1.165) is 42.4 Å². The van der Waals surface area contributed by atoms with Crippen LogP contribution in [0.3, 0.4) is 0 Å². The first-order valence-corrected chi connectivity index (χ1v) is 11.5. The fraction of sp³-hybridized carbons (Fsp3) is 0.593. The number of hydrogen-bond donors (Lipinski definition) is 0. The van der Waals surface area contributed by atoms with Crippen molar-refractivity contribution in [1.29, 1.82) is 0 Å². The minimum Gasteiger partial charge on any atom is -0.497 e. The Morgan fingerprint density at radius 3 is 2.93 bits per heavy atom. The monoisotopic (exact) mass is 388 g/mol. The van der Waals surface area contributed by atoms with Gasteiger partial charge in [-0.1, -0.05) is 36.8 Å². The average Bonchev–Trinajstić information content (AvgIpc) is 3.13. The molecule has 0 N–H and O–H groups in total. The smallest absolute Gasteiger partial charge is 0.155 e. The number of ether oxygens (including phenoxy) is 1. The maximum atomic E-state index is 12.0. The molecular weight excluding hydrogens is 356 g/mol. The third-order valence-corrected chi connectivity index (χ3v) is 8.55. The van der Waals surface area contributed by atoms with Gasteiger partial charge in [-0.2, -0.15) is 0 Å². The molecule has 29 heavy (non-hydrogen) atoms. The number of ketones is 1. The van der Waals surface area contributed by atoms with Crippen LogP contribution < -0.4 is 4.74 Å². The lowest BCUT2D eigenvalue weighted by Crippen LogP contribution is -2.48. The highest BCUT2D eigenvalue weighted by Crippen LogP contribution is 2.63. The molecule has 2 heteroatoms. The molecule has 0 saturated heterocycles. The Balaban J connectivity index is 1.51. The van der Waals surface area contributed by atoms with Crippen LogP contribution in [0, 0.1) is 46.8 Å². The lowest BCUT2D eigenvalue weighted by Gasteiger charge is -2.55. The Bertz CT molecular complexity index is 901. The summed E-state index contributed by atoms with van der Waals surface area (Å²) in [6, 6.07) is 8.12. The average molecular weight is 389 g/mol. The molecule has 152 valence electrons. The highest BCUT2D eigenvalue weighted by molar-refractivity contribution is 5.91. The Kier molecular flexibility index (Phi) is 4.81. The molecule has 4 aliphatic rings. The fourth-order valence-corrected chi connectivity index (χ4v) is 7.35. The first-order chi connectivity index (χ1) is 14.1. The molecule has 0 aliphatic heterocycles. The largest absolute Gasteiger partial charge is 0.497 e. The van der Waals surface area contributed by atoms with Crippen LogP contribution in [0.5, 0.6) is 5.75 Å². The second kappa shape index (κ2) is 7.35. The molecule has 1 aromatic carbocycles. The summed E-state index contributed by atoms with van der Waals surface area (Å²) >= 11 is 0. The van der Waals surface area contributed by atoms with Gasteiger partial charge in [-0.05, 0) is 91.9 Å². The molecule has 3 fully saturated rings. The lowest BCUT2D eigenvalue weighted by atomic mass is 9.49. The quantitative estimate of drug-likeness (QED) is 0.568. The summed E-state index contributed by atoms with van der Waals surface area (Å²) in [6.45, 7) is 2.54. The summed E-state index contributed by atoms with van der Waals surface area (Å²) < 4.78 is 5.38. The summed E-state index contributed by atoms with van der Waals surface area (Å²) in [6.07, 6.45) is 11.6. The van der Waals surface area contributed by atoms with Gasteiger partial charge in [0.25, 0.3) is 0 Å². The fourth-order valence-electron chi connectivity index (χ4n) is 7.35. The van der Waals surface area contributed by atoms with Gasteiger partial charge in [0.15, 0.2) is 5.78 Å². The van der Waals surface area contributed by atoms with Crippen LogP contribution in [0.15, 0.2) is 35.9 Å². The zero-order chi connectivity index (χ0) is 20.0. The number of methoxy groups -OCH3 is 1.